The molecule has 140 valence electrons. The van der Waals surface area contributed by atoms with E-state index in [1.54, 1.807) is 24.3 Å². The van der Waals surface area contributed by atoms with Gasteiger partial charge in [0.05, 0.1) is 31.9 Å². The Morgan fingerprint density at radius 3 is 2.48 bits per heavy atom. The molecule has 1 heterocycles. The highest BCUT2D eigenvalue weighted by Crippen LogP contribution is 2.11. The van der Waals surface area contributed by atoms with Crippen molar-refractivity contribution in [1.82, 2.24) is 4.90 Å². The Morgan fingerprint density at radius 2 is 1.84 bits per heavy atom. The second kappa shape index (κ2) is 11.8. The van der Waals surface area contributed by atoms with Crippen LogP contribution < -0.4 is 5.32 Å². The normalized spacial score (nSPS) is 14.4. The van der Waals surface area contributed by atoms with E-state index in [2.05, 4.69) is 17.1 Å². The first-order valence-electron chi connectivity index (χ1n) is 8.56. The highest BCUT2D eigenvalue weighted by Gasteiger charge is 2.14. The lowest BCUT2D eigenvalue weighted by Gasteiger charge is -2.25. The van der Waals surface area contributed by atoms with Gasteiger partial charge < -0.3 is 14.8 Å². The molecule has 0 aliphatic carbocycles. The van der Waals surface area contributed by atoms with Crippen LogP contribution >= 0.6 is 12.4 Å². The number of hydrogen-bond donors (Lipinski definition) is 1. The van der Waals surface area contributed by atoms with Crippen molar-refractivity contribution < 1.29 is 19.1 Å². The molecule has 0 unspecified atom stereocenters. The van der Waals surface area contributed by atoms with Crippen LogP contribution in [-0.4, -0.2) is 56.2 Å². The van der Waals surface area contributed by atoms with Gasteiger partial charge in [-0.05, 0) is 30.7 Å². The Morgan fingerprint density at radius 1 is 1.16 bits per heavy atom. The predicted molar refractivity (Wildman–Crippen MR) is 99.4 cm³/mol. The van der Waals surface area contributed by atoms with Crippen LogP contribution in [0.1, 0.15) is 36.5 Å². The minimum Gasteiger partial charge on any atom is -0.462 e. The minimum absolute atomic E-state index is 0. The maximum absolute atomic E-state index is 12.0. The maximum Gasteiger partial charge on any atom is 0.338 e. The number of nitrogens with zero attached hydrogens (tertiary/aromatic N) is 1. The molecule has 1 saturated heterocycles. The average molecular weight is 371 g/mol. The van der Waals surface area contributed by atoms with Crippen LogP contribution in [0.25, 0.3) is 0 Å². The number of nitrogens with one attached hydrogen (secondary N) is 1. The topological polar surface area (TPSA) is 67.9 Å². The van der Waals surface area contributed by atoms with Crippen molar-refractivity contribution in [2.24, 2.45) is 0 Å². The average Bonchev–Trinajstić information content (AvgIpc) is 2.60. The van der Waals surface area contributed by atoms with Gasteiger partial charge >= 0.3 is 5.97 Å². The molecule has 25 heavy (non-hydrogen) atoms. The standard InChI is InChI=1S/C18H26N2O4.ClH/c1-2-3-4-11-24-18(22)15-5-7-16(8-6-15)19-17(21)14-20-9-12-23-13-10-20;/h5-8H,2-4,9-14H2,1H3,(H,19,21);1H. The Bertz CT molecular complexity index is 530. The van der Waals surface area contributed by atoms with Gasteiger partial charge in [-0.2, -0.15) is 0 Å². The second-order valence-electron chi connectivity index (χ2n) is 5.86. The molecular formula is C18H27ClN2O4. The van der Waals surface area contributed by atoms with Gasteiger partial charge in [0.25, 0.3) is 0 Å². The third-order valence-corrected chi connectivity index (χ3v) is 3.86. The zero-order chi connectivity index (χ0) is 17.2. The van der Waals surface area contributed by atoms with E-state index < -0.39 is 0 Å². The van der Waals surface area contributed by atoms with Crippen LogP contribution in [0.5, 0.6) is 0 Å². The first kappa shape index (κ1) is 21.4. The van der Waals surface area contributed by atoms with Crippen molar-refractivity contribution in [3.8, 4) is 0 Å². The molecule has 1 aromatic rings. The molecule has 0 atom stereocenters. The molecule has 1 aliphatic heterocycles. The van der Waals surface area contributed by atoms with Gasteiger partial charge in [-0.15, -0.1) is 12.4 Å². The zero-order valence-corrected chi connectivity index (χ0v) is 15.5. The van der Waals surface area contributed by atoms with Gasteiger partial charge in [0.15, 0.2) is 0 Å². The summed E-state index contributed by atoms with van der Waals surface area (Å²) in [5.41, 5.74) is 1.17. The van der Waals surface area contributed by atoms with Crippen LogP contribution in [-0.2, 0) is 14.3 Å². The van der Waals surface area contributed by atoms with Gasteiger partial charge in [-0.3, -0.25) is 9.69 Å². The van der Waals surface area contributed by atoms with Crippen LogP contribution in [0.4, 0.5) is 5.69 Å². The molecule has 0 spiro atoms. The largest absolute Gasteiger partial charge is 0.462 e. The van der Waals surface area contributed by atoms with Crippen LogP contribution in [0.3, 0.4) is 0 Å². The molecule has 0 radical (unpaired) electrons. The summed E-state index contributed by atoms with van der Waals surface area (Å²) < 4.78 is 10.5. The summed E-state index contributed by atoms with van der Waals surface area (Å²) in [6, 6.07) is 6.79. The quantitative estimate of drug-likeness (QED) is 0.563. The van der Waals surface area contributed by atoms with Gasteiger partial charge in [0.2, 0.25) is 5.91 Å². The number of anilines is 1. The van der Waals surface area contributed by atoms with Gasteiger partial charge in [-0.25, -0.2) is 4.79 Å². The lowest BCUT2D eigenvalue weighted by Crippen LogP contribution is -2.41. The number of rotatable bonds is 8. The summed E-state index contributed by atoms with van der Waals surface area (Å²) in [7, 11) is 0. The van der Waals surface area contributed by atoms with Crippen molar-refractivity contribution >= 4 is 30.0 Å². The molecular weight excluding hydrogens is 344 g/mol. The molecule has 0 aromatic heterocycles. The number of benzene rings is 1. The molecule has 1 N–H and O–H groups in total. The third kappa shape index (κ3) is 7.86. The van der Waals surface area contributed by atoms with Crippen LogP contribution in [0, 0.1) is 0 Å². The summed E-state index contributed by atoms with van der Waals surface area (Å²) in [6.07, 6.45) is 3.04. The van der Waals surface area contributed by atoms with Crippen molar-refractivity contribution in [2.45, 2.75) is 26.2 Å². The minimum atomic E-state index is -0.322. The molecule has 0 saturated carbocycles. The SMILES string of the molecule is CCCCCOC(=O)c1ccc(NC(=O)CN2CCOCC2)cc1.Cl. The van der Waals surface area contributed by atoms with E-state index in [1.807, 2.05) is 0 Å². The van der Waals surface area contributed by atoms with E-state index >= 15 is 0 Å². The number of hydrogen-bond acceptors (Lipinski definition) is 5. The highest BCUT2D eigenvalue weighted by molar-refractivity contribution is 5.94. The Balaban J connectivity index is 0.00000312. The van der Waals surface area contributed by atoms with Crippen LogP contribution in [0.2, 0.25) is 0 Å². The molecule has 6 nitrogen and oxygen atoms in total. The van der Waals surface area contributed by atoms with Crippen molar-refractivity contribution in [1.29, 1.82) is 0 Å². The number of carbonyl (C=O) groups is 2. The molecule has 2 rings (SSSR count). The summed E-state index contributed by atoms with van der Waals surface area (Å²) in [6.45, 7) is 5.79. The van der Waals surface area contributed by atoms with Gasteiger partial charge in [0.1, 0.15) is 0 Å². The van der Waals surface area contributed by atoms with Crippen molar-refractivity contribution in [3.05, 3.63) is 29.8 Å². The monoisotopic (exact) mass is 370 g/mol. The molecule has 1 amide bonds. The van der Waals surface area contributed by atoms with Crippen molar-refractivity contribution in [3.63, 3.8) is 0 Å². The predicted octanol–water partition coefficient (Wildman–Crippen LogP) is 2.73. The lowest BCUT2D eigenvalue weighted by atomic mass is 10.2. The first-order valence-corrected chi connectivity index (χ1v) is 8.56. The van der Waals surface area contributed by atoms with Gasteiger partial charge in [-0.1, -0.05) is 19.8 Å². The Labute approximate surface area is 155 Å². The van der Waals surface area contributed by atoms with Crippen LogP contribution in [0.15, 0.2) is 24.3 Å². The maximum atomic E-state index is 12.0. The number of carbonyl (C=O) groups excluding carboxylic acids is 2. The summed E-state index contributed by atoms with van der Waals surface area (Å²) in [5, 5.41) is 2.84. The number of esters is 1. The fourth-order valence-electron chi connectivity index (χ4n) is 2.45. The van der Waals surface area contributed by atoms with E-state index in [9.17, 15) is 9.59 Å². The Hall–Kier alpha value is -1.63. The zero-order valence-electron chi connectivity index (χ0n) is 14.7. The fourth-order valence-corrected chi connectivity index (χ4v) is 2.45. The third-order valence-electron chi connectivity index (χ3n) is 3.86. The second-order valence-corrected chi connectivity index (χ2v) is 5.86. The van der Waals surface area contributed by atoms with E-state index in [0.717, 1.165) is 32.4 Å². The number of unbranched alkanes of at least 4 members (excludes halogenated alkanes) is 2. The molecule has 7 heteroatoms. The molecule has 1 fully saturated rings. The summed E-state index contributed by atoms with van der Waals surface area (Å²) in [5.74, 6) is -0.385. The van der Waals surface area contributed by atoms with E-state index in [1.165, 1.54) is 0 Å². The smallest absolute Gasteiger partial charge is 0.338 e. The molecule has 1 aliphatic rings. The Kier molecular flexibility index (Phi) is 10.1. The van der Waals surface area contributed by atoms with E-state index in [4.69, 9.17) is 9.47 Å². The van der Waals surface area contributed by atoms with Gasteiger partial charge in [0, 0.05) is 18.8 Å². The fraction of sp³-hybridized carbons (Fsp3) is 0.556. The first-order chi connectivity index (χ1) is 11.7. The lowest BCUT2D eigenvalue weighted by molar-refractivity contribution is -0.118. The summed E-state index contributed by atoms with van der Waals surface area (Å²) in [4.78, 5) is 25.9. The van der Waals surface area contributed by atoms with Crippen molar-refractivity contribution in [2.75, 3.05) is 44.8 Å². The number of halogens is 1. The highest BCUT2D eigenvalue weighted by atomic mass is 35.5. The number of ether oxygens (including phenoxy) is 2. The molecule has 1 aromatic carbocycles. The number of morpholine rings is 1. The molecule has 0 bridgehead atoms. The summed E-state index contributed by atoms with van der Waals surface area (Å²) >= 11 is 0. The van der Waals surface area contributed by atoms with E-state index in [-0.39, 0.29) is 24.3 Å². The number of amides is 1. The van der Waals surface area contributed by atoms with E-state index in [0.29, 0.717) is 37.6 Å².